The van der Waals surface area contributed by atoms with Gasteiger partial charge in [0.05, 0.1) is 6.10 Å². The summed E-state index contributed by atoms with van der Waals surface area (Å²) in [6.07, 6.45) is 0.718. The summed E-state index contributed by atoms with van der Waals surface area (Å²) in [4.78, 5) is 2.18. The Morgan fingerprint density at radius 3 is 2.57 bits per heavy atom. The summed E-state index contributed by atoms with van der Waals surface area (Å²) in [6.45, 7) is 4.98. The number of anilines is 1. The van der Waals surface area contributed by atoms with Crippen LogP contribution in [0.25, 0.3) is 0 Å². The highest BCUT2D eigenvalue weighted by Gasteiger charge is 2.09. The average molecular weight is 193 g/mol. The monoisotopic (exact) mass is 193 g/mol. The van der Waals surface area contributed by atoms with Gasteiger partial charge in [0, 0.05) is 24.8 Å². The summed E-state index contributed by atoms with van der Waals surface area (Å²) < 4.78 is 0. The third-order valence-corrected chi connectivity index (χ3v) is 2.36. The number of aliphatic hydroxyl groups excluding tert-OH is 1. The minimum atomic E-state index is -0.398. The molecule has 2 nitrogen and oxygen atoms in total. The quantitative estimate of drug-likeness (QED) is 0.794. The maximum absolute atomic E-state index is 9.59. The molecule has 0 heterocycles. The number of rotatable bonds is 4. The SMILES string of the molecule is CCCN(C)c1ccccc1C(C)O. The van der Waals surface area contributed by atoms with Gasteiger partial charge in [-0.2, -0.15) is 0 Å². The lowest BCUT2D eigenvalue weighted by Crippen LogP contribution is -2.19. The first-order valence-electron chi connectivity index (χ1n) is 5.15. The Balaban J connectivity index is 2.94. The van der Waals surface area contributed by atoms with Crippen molar-refractivity contribution in [2.45, 2.75) is 26.4 Å². The summed E-state index contributed by atoms with van der Waals surface area (Å²) in [5, 5.41) is 9.59. The molecule has 0 aliphatic heterocycles. The molecule has 0 amide bonds. The number of aliphatic hydroxyl groups is 1. The summed E-state index contributed by atoms with van der Waals surface area (Å²) in [5.74, 6) is 0. The minimum Gasteiger partial charge on any atom is -0.389 e. The molecule has 1 rings (SSSR count). The fourth-order valence-corrected chi connectivity index (χ4v) is 1.64. The van der Waals surface area contributed by atoms with Gasteiger partial charge in [0.2, 0.25) is 0 Å². The Morgan fingerprint density at radius 1 is 1.36 bits per heavy atom. The smallest absolute Gasteiger partial charge is 0.0781 e. The van der Waals surface area contributed by atoms with Gasteiger partial charge in [0.15, 0.2) is 0 Å². The standard InChI is InChI=1S/C12H19NO/c1-4-9-13(3)12-8-6-5-7-11(12)10(2)14/h5-8,10,14H,4,9H2,1-3H3. The maximum Gasteiger partial charge on any atom is 0.0781 e. The van der Waals surface area contributed by atoms with Crippen LogP contribution in [-0.4, -0.2) is 18.7 Å². The van der Waals surface area contributed by atoms with Crippen LogP contribution < -0.4 is 4.90 Å². The van der Waals surface area contributed by atoms with E-state index in [1.165, 1.54) is 0 Å². The van der Waals surface area contributed by atoms with Crippen LogP contribution in [0.4, 0.5) is 5.69 Å². The zero-order valence-corrected chi connectivity index (χ0v) is 9.20. The summed E-state index contributed by atoms with van der Waals surface area (Å²) in [6, 6.07) is 8.00. The lowest BCUT2D eigenvalue weighted by molar-refractivity contribution is 0.199. The van der Waals surface area contributed by atoms with Crippen molar-refractivity contribution in [2.24, 2.45) is 0 Å². The van der Waals surface area contributed by atoms with E-state index in [0.29, 0.717) is 0 Å². The van der Waals surface area contributed by atoms with Gasteiger partial charge in [0.25, 0.3) is 0 Å². The van der Waals surface area contributed by atoms with Crippen LogP contribution >= 0.6 is 0 Å². The van der Waals surface area contributed by atoms with Gasteiger partial charge in [-0.3, -0.25) is 0 Å². The predicted octanol–water partition coefficient (Wildman–Crippen LogP) is 2.59. The molecule has 14 heavy (non-hydrogen) atoms. The van der Waals surface area contributed by atoms with Crippen molar-refractivity contribution in [3.63, 3.8) is 0 Å². The maximum atomic E-state index is 9.59. The third kappa shape index (κ3) is 2.48. The molecule has 0 bridgehead atoms. The van der Waals surface area contributed by atoms with E-state index in [1.54, 1.807) is 6.92 Å². The first-order valence-corrected chi connectivity index (χ1v) is 5.15. The van der Waals surface area contributed by atoms with Crippen molar-refractivity contribution in [1.29, 1.82) is 0 Å². The zero-order chi connectivity index (χ0) is 10.6. The Morgan fingerprint density at radius 2 is 2.00 bits per heavy atom. The van der Waals surface area contributed by atoms with Crippen molar-refractivity contribution in [1.82, 2.24) is 0 Å². The summed E-state index contributed by atoms with van der Waals surface area (Å²) in [7, 11) is 2.06. The number of hydrogen-bond acceptors (Lipinski definition) is 2. The largest absolute Gasteiger partial charge is 0.389 e. The lowest BCUT2D eigenvalue weighted by atomic mass is 10.1. The number of nitrogens with zero attached hydrogens (tertiary/aromatic N) is 1. The van der Waals surface area contributed by atoms with Crippen LogP contribution in [0, 0.1) is 0 Å². The second-order valence-electron chi connectivity index (χ2n) is 3.66. The van der Waals surface area contributed by atoms with Crippen LogP contribution in [-0.2, 0) is 0 Å². The van der Waals surface area contributed by atoms with Crippen molar-refractivity contribution in [3.05, 3.63) is 29.8 Å². The molecule has 1 unspecified atom stereocenters. The summed E-state index contributed by atoms with van der Waals surface area (Å²) >= 11 is 0. The van der Waals surface area contributed by atoms with Crippen molar-refractivity contribution < 1.29 is 5.11 Å². The molecule has 2 heteroatoms. The average Bonchev–Trinajstić information content (AvgIpc) is 2.18. The van der Waals surface area contributed by atoms with E-state index in [9.17, 15) is 5.11 Å². The van der Waals surface area contributed by atoms with Gasteiger partial charge in [0.1, 0.15) is 0 Å². The molecule has 1 aromatic rings. The van der Waals surface area contributed by atoms with Crippen LogP contribution in [0.3, 0.4) is 0 Å². The van der Waals surface area contributed by atoms with E-state index >= 15 is 0 Å². The molecule has 1 N–H and O–H groups in total. The van der Waals surface area contributed by atoms with Crippen LogP contribution in [0.5, 0.6) is 0 Å². The number of para-hydroxylation sites is 1. The molecule has 1 aromatic carbocycles. The number of benzene rings is 1. The molecular formula is C12H19NO. The molecule has 78 valence electrons. The van der Waals surface area contributed by atoms with E-state index in [0.717, 1.165) is 24.2 Å². The predicted molar refractivity (Wildman–Crippen MR) is 60.6 cm³/mol. The third-order valence-electron chi connectivity index (χ3n) is 2.36. The highest BCUT2D eigenvalue weighted by Crippen LogP contribution is 2.25. The van der Waals surface area contributed by atoms with Crippen LogP contribution in [0.15, 0.2) is 24.3 Å². The lowest BCUT2D eigenvalue weighted by Gasteiger charge is -2.22. The molecule has 0 fully saturated rings. The minimum absolute atomic E-state index is 0.398. The van der Waals surface area contributed by atoms with E-state index in [4.69, 9.17) is 0 Å². The molecule has 1 atom stereocenters. The Hall–Kier alpha value is -1.02. The van der Waals surface area contributed by atoms with Crippen molar-refractivity contribution in [2.75, 3.05) is 18.5 Å². The van der Waals surface area contributed by atoms with Gasteiger partial charge in [-0.05, 0) is 19.4 Å². The first-order chi connectivity index (χ1) is 6.66. The van der Waals surface area contributed by atoms with Gasteiger partial charge in [-0.25, -0.2) is 0 Å². The molecule has 0 radical (unpaired) electrons. The molecular weight excluding hydrogens is 174 g/mol. The molecule has 0 saturated heterocycles. The van der Waals surface area contributed by atoms with Crippen LogP contribution in [0.1, 0.15) is 31.9 Å². The first kappa shape index (κ1) is 11.1. The van der Waals surface area contributed by atoms with E-state index in [-0.39, 0.29) is 0 Å². The Kier molecular flexibility index (Phi) is 3.96. The van der Waals surface area contributed by atoms with E-state index in [2.05, 4.69) is 24.9 Å². The highest BCUT2D eigenvalue weighted by atomic mass is 16.3. The Bertz CT molecular complexity index is 283. The fraction of sp³-hybridized carbons (Fsp3) is 0.500. The molecule has 0 aromatic heterocycles. The van der Waals surface area contributed by atoms with Gasteiger partial charge >= 0.3 is 0 Å². The van der Waals surface area contributed by atoms with Crippen LogP contribution in [0.2, 0.25) is 0 Å². The van der Waals surface area contributed by atoms with E-state index in [1.807, 2.05) is 18.2 Å². The highest BCUT2D eigenvalue weighted by molar-refractivity contribution is 5.53. The van der Waals surface area contributed by atoms with Crippen molar-refractivity contribution >= 4 is 5.69 Å². The molecule has 0 aliphatic rings. The number of hydrogen-bond donors (Lipinski definition) is 1. The second kappa shape index (κ2) is 5.01. The zero-order valence-electron chi connectivity index (χ0n) is 9.20. The van der Waals surface area contributed by atoms with Gasteiger partial charge in [-0.15, -0.1) is 0 Å². The normalized spacial score (nSPS) is 12.6. The molecule has 0 saturated carbocycles. The summed E-state index contributed by atoms with van der Waals surface area (Å²) in [5.41, 5.74) is 2.13. The van der Waals surface area contributed by atoms with Gasteiger partial charge < -0.3 is 10.0 Å². The molecule has 0 aliphatic carbocycles. The Labute approximate surface area is 86.2 Å². The van der Waals surface area contributed by atoms with Gasteiger partial charge in [-0.1, -0.05) is 25.1 Å². The molecule has 0 spiro atoms. The topological polar surface area (TPSA) is 23.5 Å². The van der Waals surface area contributed by atoms with Crippen molar-refractivity contribution in [3.8, 4) is 0 Å². The fourth-order valence-electron chi connectivity index (χ4n) is 1.64. The van der Waals surface area contributed by atoms with E-state index < -0.39 is 6.10 Å². The second-order valence-corrected chi connectivity index (χ2v) is 3.66.